The number of halogens is 1. The van der Waals surface area contributed by atoms with Crippen molar-refractivity contribution in [1.82, 2.24) is 15.5 Å². The third-order valence-corrected chi connectivity index (χ3v) is 9.57. The number of fused-ring (bicyclic) bond motifs is 1. The third-order valence-electron chi connectivity index (χ3n) is 9.38. The number of phenols is 1. The van der Waals surface area contributed by atoms with Gasteiger partial charge in [0.2, 0.25) is 17.7 Å². The molecule has 0 spiro atoms. The smallest absolute Gasteiger partial charge is 0.255 e. The van der Waals surface area contributed by atoms with Crippen molar-refractivity contribution in [1.29, 1.82) is 0 Å². The first kappa shape index (κ1) is 38.1. The first-order chi connectivity index (χ1) is 26.3. The summed E-state index contributed by atoms with van der Waals surface area (Å²) in [6, 6.07) is 29.8. The summed E-state index contributed by atoms with van der Waals surface area (Å²) in [6.45, 7) is 1.97. The van der Waals surface area contributed by atoms with Crippen LogP contribution in [0.5, 0.6) is 11.5 Å². The zero-order valence-electron chi connectivity index (χ0n) is 29.8. The number of amides is 4. The number of nitrogens with zero attached hydrogens (tertiary/aromatic N) is 1. The predicted octanol–water partition coefficient (Wildman–Crippen LogP) is 5.76. The van der Waals surface area contributed by atoms with Crippen molar-refractivity contribution in [2.75, 3.05) is 44.1 Å². The van der Waals surface area contributed by atoms with Gasteiger partial charge in [0.25, 0.3) is 5.91 Å². The van der Waals surface area contributed by atoms with Crippen molar-refractivity contribution in [3.63, 3.8) is 0 Å². The number of phenolic OH excluding ortho intramolecular Hbond substituents is 1. The van der Waals surface area contributed by atoms with Gasteiger partial charge < -0.3 is 30.1 Å². The van der Waals surface area contributed by atoms with E-state index in [1.807, 2.05) is 60.7 Å². The molecule has 4 amide bonds. The monoisotopic (exact) mass is 750 g/mol. The summed E-state index contributed by atoms with van der Waals surface area (Å²) in [5.41, 5.74) is 7.28. The Hall–Kier alpha value is -5.65. The highest BCUT2D eigenvalue weighted by molar-refractivity contribution is 6.18. The van der Waals surface area contributed by atoms with E-state index in [0.29, 0.717) is 56.3 Å². The highest BCUT2D eigenvalue weighted by Gasteiger charge is 2.39. The molecule has 54 heavy (non-hydrogen) atoms. The lowest BCUT2D eigenvalue weighted by molar-refractivity contribution is -0.137. The molecule has 1 saturated heterocycles. The summed E-state index contributed by atoms with van der Waals surface area (Å²) in [4.78, 5) is 50.9. The molecule has 4 N–H and O–H groups in total. The van der Waals surface area contributed by atoms with Gasteiger partial charge in [-0.25, -0.2) is 0 Å². The molecule has 12 heteroatoms. The minimum Gasteiger partial charge on any atom is -0.508 e. The van der Waals surface area contributed by atoms with Crippen LogP contribution in [-0.2, 0) is 25.7 Å². The van der Waals surface area contributed by atoms with Crippen molar-refractivity contribution in [3.05, 3.63) is 125 Å². The first-order valence-corrected chi connectivity index (χ1v) is 18.6. The second-order valence-electron chi connectivity index (χ2n) is 12.9. The zero-order valence-corrected chi connectivity index (χ0v) is 30.6. The molecular weight excluding hydrogens is 708 g/mol. The van der Waals surface area contributed by atoms with E-state index in [4.69, 9.17) is 21.1 Å². The van der Waals surface area contributed by atoms with E-state index in [-0.39, 0.29) is 49.5 Å². The zero-order chi connectivity index (χ0) is 37.9. The second kappa shape index (κ2) is 18.4. The molecule has 2 aliphatic heterocycles. The molecule has 1 unspecified atom stereocenters. The van der Waals surface area contributed by atoms with E-state index in [9.17, 15) is 24.3 Å². The minimum atomic E-state index is -0.668. The fraction of sp³-hybridized carbons (Fsp3) is 0.286. The Morgan fingerprint density at radius 1 is 0.833 bits per heavy atom. The average molecular weight is 751 g/mol. The number of rotatable bonds is 17. The number of carbonyl (C=O) groups excluding carboxylic acids is 4. The van der Waals surface area contributed by atoms with E-state index < -0.39 is 11.9 Å². The summed E-state index contributed by atoms with van der Waals surface area (Å²) in [5, 5.41) is 18.4. The topological polar surface area (TPSA) is 146 Å². The van der Waals surface area contributed by atoms with Gasteiger partial charge in [0.1, 0.15) is 24.1 Å². The van der Waals surface area contributed by atoms with E-state index in [1.165, 1.54) is 4.90 Å². The fourth-order valence-corrected chi connectivity index (χ4v) is 6.92. The largest absolute Gasteiger partial charge is 0.508 e. The lowest BCUT2D eigenvalue weighted by Crippen LogP contribution is -2.52. The SMILES string of the molecule is O=C(CCOCCNc1cccc2c1CN(C1CCC(=O)NC1=O)C2=O)NCCOc1ccc(C(=C(CCCl)c2ccccc2)c2ccc(O)cc2)cc1. The standard InChI is InChI=1S/C42H43ClN4O7/c43-21-19-33(28-5-2-1-3-6-28)40(29-9-13-31(48)14-10-29)30-11-15-32(16-12-30)54-26-23-45-38(49)20-24-53-25-22-44-36-8-4-7-34-35(36)27-47(42(34)52)37-17-18-39(50)46-41(37)51/h1-16,37,44,48H,17-27H2,(H,45,49)(H,46,50,51). The fourth-order valence-electron chi connectivity index (χ4n) is 6.73. The van der Waals surface area contributed by atoms with E-state index in [1.54, 1.807) is 24.3 Å². The molecule has 11 nitrogen and oxygen atoms in total. The van der Waals surface area contributed by atoms with Crippen LogP contribution in [0.15, 0.2) is 97.1 Å². The van der Waals surface area contributed by atoms with Crippen LogP contribution in [0.1, 0.15) is 58.3 Å². The van der Waals surface area contributed by atoms with Crippen molar-refractivity contribution < 1.29 is 33.8 Å². The number of nitrogens with one attached hydrogen (secondary N) is 3. The van der Waals surface area contributed by atoms with Crippen LogP contribution in [0.25, 0.3) is 11.1 Å². The molecule has 6 rings (SSSR count). The van der Waals surface area contributed by atoms with Gasteiger partial charge in [0.05, 0.1) is 19.8 Å². The number of aromatic hydroxyl groups is 1. The van der Waals surface area contributed by atoms with Crippen LogP contribution in [0, 0.1) is 0 Å². The number of benzene rings is 4. The molecular formula is C42H43ClN4O7. The summed E-state index contributed by atoms with van der Waals surface area (Å²) in [6.07, 6.45) is 1.37. The van der Waals surface area contributed by atoms with Crippen LogP contribution >= 0.6 is 11.6 Å². The van der Waals surface area contributed by atoms with Gasteiger partial charge in [0.15, 0.2) is 0 Å². The van der Waals surface area contributed by atoms with Gasteiger partial charge in [-0.05, 0) is 77.1 Å². The van der Waals surface area contributed by atoms with Crippen molar-refractivity contribution in [2.24, 2.45) is 0 Å². The third kappa shape index (κ3) is 9.47. The van der Waals surface area contributed by atoms with E-state index in [2.05, 4.69) is 28.1 Å². The molecule has 0 aliphatic carbocycles. The Labute approximate surface area is 319 Å². The van der Waals surface area contributed by atoms with Crippen molar-refractivity contribution in [3.8, 4) is 11.5 Å². The van der Waals surface area contributed by atoms with E-state index in [0.717, 1.165) is 39.1 Å². The van der Waals surface area contributed by atoms with Crippen LogP contribution in [-0.4, -0.2) is 78.5 Å². The summed E-state index contributed by atoms with van der Waals surface area (Å²) in [5.74, 6) is 0.194. The average Bonchev–Trinajstić information content (AvgIpc) is 3.52. The number of allylic oxidation sites excluding steroid dienone is 1. The summed E-state index contributed by atoms with van der Waals surface area (Å²) >= 11 is 6.27. The van der Waals surface area contributed by atoms with Gasteiger partial charge in [0, 0.05) is 48.6 Å². The molecule has 1 fully saturated rings. The Bertz CT molecular complexity index is 1980. The van der Waals surface area contributed by atoms with E-state index >= 15 is 0 Å². The molecule has 0 bridgehead atoms. The minimum absolute atomic E-state index is 0.147. The van der Waals surface area contributed by atoms with Gasteiger partial charge in [-0.1, -0.05) is 60.7 Å². The Morgan fingerprint density at radius 2 is 1.57 bits per heavy atom. The van der Waals surface area contributed by atoms with Crippen LogP contribution in [0.3, 0.4) is 0 Å². The van der Waals surface area contributed by atoms with Gasteiger partial charge in [-0.15, -0.1) is 11.6 Å². The van der Waals surface area contributed by atoms with Gasteiger partial charge in [-0.3, -0.25) is 24.5 Å². The number of ether oxygens (including phenoxy) is 2. The highest BCUT2D eigenvalue weighted by Crippen LogP contribution is 2.36. The number of imide groups is 1. The quantitative estimate of drug-likeness (QED) is 0.0462. The lowest BCUT2D eigenvalue weighted by Gasteiger charge is -2.29. The van der Waals surface area contributed by atoms with Crippen LogP contribution < -0.4 is 20.7 Å². The predicted molar refractivity (Wildman–Crippen MR) is 207 cm³/mol. The Morgan fingerprint density at radius 3 is 2.30 bits per heavy atom. The summed E-state index contributed by atoms with van der Waals surface area (Å²) in [7, 11) is 0. The number of hydrogen-bond acceptors (Lipinski definition) is 8. The highest BCUT2D eigenvalue weighted by atomic mass is 35.5. The molecule has 0 radical (unpaired) electrons. The number of carbonyl (C=O) groups is 4. The van der Waals surface area contributed by atoms with Crippen molar-refractivity contribution >= 4 is 52.1 Å². The molecule has 0 saturated carbocycles. The second-order valence-corrected chi connectivity index (χ2v) is 13.3. The molecule has 1 atom stereocenters. The van der Waals surface area contributed by atoms with Crippen LogP contribution in [0.4, 0.5) is 5.69 Å². The number of anilines is 1. The number of piperidine rings is 1. The van der Waals surface area contributed by atoms with Gasteiger partial charge >= 0.3 is 0 Å². The van der Waals surface area contributed by atoms with Crippen LogP contribution in [0.2, 0.25) is 0 Å². The summed E-state index contributed by atoms with van der Waals surface area (Å²) < 4.78 is 11.6. The van der Waals surface area contributed by atoms with Crippen molar-refractivity contribution in [2.45, 2.75) is 38.3 Å². The molecule has 280 valence electrons. The number of alkyl halides is 1. The first-order valence-electron chi connectivity index (χ1n) is 18.0. The lowest BCUT2D eigenvalue weighted by atomic mass is 9.88. The maximum atomic E-state index is 13.0. The van der Waals surface area contributed by atoms with Gasteiger partial charge in [-0.2, -0.15) is 0 Å². The molecule has 2 aliphatic rings. The molecule has 2 heterocycles. The maximum Gasteiger partial charge on any atom is 0.255 e. The Balaban J connectivity index is 0.923. The molecule has 4 aromatic rings. The number of hydrogen-bond donors (Lipinski definition) is 4. The molecule has 4 aromatic carbocycles. The normalized spacial score (nSPS) is 15.7. The Kier molecular flexibility index (Phi) is 13.0. The maximum absolute atomic E-state index is 13.0. The molecule has 0 aromatic heterocycles.